The quantitative estimate of drug-likeness (QED) is 0.159. The Morgan fingerprint density at radius 3 is 2.20 bits per heavy atom. The number of rotatable bonds is 4. The molecule has 0 N–H and O–H groups in total. The molecule has 7 rings (SSSR count). The lowest BCUT2D eigenvalue weighted by Crippen LogP contribution is -2.14. The third kappa shape index (κ3) is 3.87. The van der Waals surface area contributed by atoms with Crippen LogP contribution in [0.5, 0.6) is 0 Å². The second-order valence-corrected chi connectivity index (χ2v) is 11.3. The molecule has 1 heterocycles. The molecule has 0 spiro atoms. The zero-order chi connectivity index (χ0) is 28.1. The maximum Gasteiger partial charge on any atom is 0.0541 e. The SMILES string of the molecule is C#C/C=C\C(=C/C)c1ccc(-n2c3ccccc3c3cc(-c4ccc5c(c4)-c4ccccc4C5(C)C)ccc32)cc1. The van der Waals surface area contributed by atoms with Crippen molar-refractivity contribution in [1.29, 1.82) is 0 Å². The van der Waals surface area contributed by atoms with Crippen molar-refractivity contribution < 1.29 is 0 Å². The van der Waals surface area contributed by atoms with Crippen LogP contribution in [0.4, 0.5) is 0 Å². The van der Waals surface area contributed by atoms with E-state index in [0.717, 1.165) is 16.8 Å². The first-order chi connectivity index (χ1) is 20.0. The smallest absolute Gasteiger partial charge is 0.0541 e. The van der Waals surface area contributed by atoms with Gasteiger partial charge in [0.05, 0.1) is 11.0 Å². The number of fused-ring (bicyclic) bond motifs is 6. The Morgan fingerprint density at radius 2 is 1.39 bits per heavy atom. The molecule has 0 amide bonds. The minimum Gasteiger partial charge on any atom is -0.309 e. The van der Waals surface area contributed by atoms with Crippen LogP contribution in [0.2, 0.25) is 0 Å². The molecule has 1 aromatic heterocycles. The van der Waals surface area contributed by atoms with E-state index in [1.165, 1.54) is 55.2 Å². The zero-order valence-electron chi connectivity index (χ0n) is 23.6. The molecule has 1 nitrogen and oxygen atoms in total. The Hall–Kier alpha value is -5.06. The van der Waals surface area contributed by atoms with Crippen LogP contribution < -0.4 is 0 Å². The second kappa shape index (κ2) is 9.54. The van der Waals surface area contributed by atoms with Gasteiger partial charge >= 0.3 is 0 Å². The first-order valence-corrected chi connectivity index (χ1v) is 14.2. The van der Waals surface area contributed by atoms with Gasteiger partial charge in [0, 0.05) is 21.9 Å². The van der Waals surface area contributed by atoms with Crippen molar-refractivity contribution in [2.24, 2.45) is 0 Å². The number of terminal acetylenes is 1. The topological polar surface area (TPSA) is 4.93 Å². The summed E-state index contributed by atoms with van der Waals surface area (Å²) in [6, 6.07) is 40.2. The van der Waals surface area contributed by atoms with Gasteiger partial charge in [-0.05, 0) is 100.0 Å². The summed E-state index contributed by atoms with van der Waals surface area (Å²) in [7, 11) is 0. The maximum absolute atomic E-state index is 5.44. The van der Waals surface area contributed by atoms with Crippen LogP contribution in [-0.4, -0.2) is 4.57 Å². The third-order valence-electron chi connectivity index (χ3n) is 8.72. The lowest BCUT2D eigenvalue weighted by molar-refractivity contribution is 0.660. The standard InChI is InChI=1S/C40H31N/c1-5-7-12-27(6-2)28-17-21-31(22-18-28)41-38-16-11-9-14-33(38)35-26-30(20-24-39(35)41)29-19-23-37-34(25-29)32-13-8-10-15-36(32)40(37,3)4/h1,6-26H,2-4H3/b12-7-,27-6+. The number of nitrogens with zero attached hydrogens (tertiary/aromatic N) is 1. The summed E-state index contributed by atoms with van der Waals surface area (Å²) in [5.74, 6) is 2.59. The first kappa shape index (κ1) is 24.9. The van der Waals surface area contributed by atoms with Gasteiger partial charge in [-0.3, -0.25) is 0 Å². The molecule has 1 aliphatic rings. The number of aromatic nitrogens is 1. The number of para-hydroxylation sites is 1. The van der Waals surface area contributed by atoms with Crippen molar-refractivity contribution >= 4 is 27.4 Å². The van der Waals surface area contributed by atoms with E-state index in [-0.39, 0.29) is 5.41 Å². The fourth-order valence-corrected chi connectivity index (χ4v) is 6.63. The lowest BCUT2D eigenvalue weighted by atomic mass is 9.82. The fourth-order valence-electron chi connectivity index (χ4n) is 6.63. The zero-order valence-corrected chi connectivity index (χ0v) is 23.6. The molecule has 0 bridgehead atoms. The molecule has 0 atom stereocenters. The van der Waals surface area contributed by atoms with Gasteiger partial charge in [0.15, 0.2) is 0 Å². The van der Waals surface area contributed by atoms with Gasteiger partial charge in [0.25, 0.3) is 0 Å². The average Bonchev–Trinajstić information content (AvgIpc) is 3.46. The van der Waals surface area contributed by atoms with E-state index < -0.39 is 0 Å². The highest BCUT2D eigenvalue weighted by atomic mass is 15.0. The number of benzene rings is 5. The number of allylic oxidation sites excluding steroid dienone is 4. The van der Waals surface area contributed by atoms with Crippen LogP contribution in [0.15, 0.2) is 127 Å². The van der Waals surface area contributed by atoms with Gasteiger partial charge in [-0.1, -0.05) is 98.6 Å². The minimum absolute atomic E-state index is 0.0165. The number of hydrogen-bond donors (Lipinski definition) is 0. The molecule has 6 aromatic rings. The summed E-state index contributed by atoms with van der Waals surface area (Å²) < 4.78 is 2.37. The lowest BCUT2D eigenvalue weighted by Gasteiger charge is -2.21. The first-order valence-electron chi connectivity index (χ1n) is 14.2. The molecule has 0 saturated carbocycles. The Balaban J connectivity index is 1.35. The normalized spacial score (nSPS) is 14.0. The predicted octanol–water partition coefficient (Wildman–Crippen LogP) is 10.3. The van der Waals surface area contributed by atoms with Crippen molar-refractivity contribution in [3.05, 3.63) is 144 Å². The van der Waals surface area contributed by atoms with E-state index in [2.05, 4.69) is 140 Å². The summed E-state index contributed by atoms with van der Waals surface area (Å²) in [5, 5.41) is 2.52. The molecule has 0 saturated heterocycles. The van der Waals surface area contributed by atoms with Crippen molar-refractivity contribution in [3.8, 4) is 40.3 Å². The average molecular weight is 526 g/mol. The minimum atomic E-state index is 0.0165. The van der Waals surface area contributed by atoms with E-state index in [1.54, 1.807) is 6.08 Å². The van der Waals surface area contributed by atoms with Crippen LogP contribution in [0.1, 0.15) is 37.5 Å². The second-order valence-electron chi connectivity index (χ2n) is 11.3. The van der Waals surface area contributed by atoms with Gasteiger partial charge in [-0.25, -0.2) is 0 Å². The molecule has 5 aromatic carbocycles. The molecule has 0 radical (unpaired) electrons. The molecule has 0 unspecified atom stereocenters. The van der Waals surface area contributed by atoms with Crippen LogP contribution in [0, 0.1) is 12.3 Å². The molecule has 41 heavy (non-hydrogen) atoms. The molecule has 1 aliphatic carbocycles. The van der Waals surface area contributed by atoms with E-state index >= 15 is 0 Å². The van der Waals surface area contributed by atoms with E-state index in [0.29, 0.717) is 0 Å². The molecule has 196 valence electrons. The Kier molecular flexibility index (Phi) is 5.81. The van der Waals surface area contributed by atoms with Crippen molar-refractivity contribution in [2.75, 3.05) is 0 Å². The predicted molar refractivity (Wildman–Crippen MR) is 175 cm³/mol. The summed E-state index contributed by atoms with van der Waals surface area (Å²) >= 11 is 0. The monoisotopic (exact) mass is 525 g/mol. The molecule has 0 fully saturated rings. The molecule has 1 heteroatoms. The van der Waals surface area contributed by atoms with E-state index in [9.17, 15) is 0 Å². The van der Waals surface area contributed by atoms with Crippen molar-refractivity contribution in [3.63, 3.8) is 0 Å². The summed E-state index contributed by atoms with van der Waals surface area (Å²) in [6.07, 6.45) is 11.3. The van der Waals surface area contributed by atoms with Gasteiger partial charge in [0.1, 0.15) is 0 Å². The van der Waals surface area contributed by atoms with Crippen LogP contribution in [0.3, 0.4) is 0 Å². The van der Waals surface area contributed by atoms with E-state index in [4.69, 9.17) is 6.42 Å². The Morgan fingerprint density at radius 1 is 0.707 bits per heavy atom. The highest BCUT2D eigenvalue weighted by Gasteiger charge is 2.35. The van der Waals surface area contributed by atoms with Crippen LogP contribution in [0.25, 0.3) is 55.3 Å². The molecular formula is C40H31N. The summed E-state index contributed by atoms with van der Waals surface area (Å²) in [5.41, 5.74) is 13.8. The van der Waals surface area contributed by atoms with Crippen molar-refractivity contribution in [2.45, 2.75) is 26.2 Å². The molecular weight excluding hydrogens is 494 g/mol. The van der Waals surface area contributed by atoms with Gasteiger partial charge in [-0.2, -0.15) is 0 Å². The van der Waals surface area contributed by atoms with E-state index in [1.807, 2.05) is 13.0 Å². The maximum atomic E-state index is 5.44. The van der Waals surface area contributed by atoms with Crippen LogP contribution in [-0.2, 0) is 5.41 Å². The van der Waals surface area contributed by atoms with Gasteiger partial charge < -0.3 is 4.57 Å². The highest BCUT2D eigenvalue weighted by Crippen LogP contribution is 2.49. The Bertz CT molecular complexity index is 2070. The summed E-state index contributed by atoms with van der Waals surface area (Å²) in [4.78, 5) is 0. The van der Waals surface area contributed by atoms with Crippen molar-refractivity contribution in [1.82, 2.24) is 4.57 Å². The Labute approximate surface area is 242 Å². The van der Waals surface area contributed by atoms with Gasteiger partial charge in [0.2, 0.25) is 0 Å². The molecule has 0 aliphatic heterocycles. The van der Waals surface area contributed by atoms with Crippen LogP contribution >= 0.6 is 0 Å². The third-order valence-corrected chi connectivity index (χ3v) is 8.72. The highest BCUT2D eigenvalue weighted by molar-refractivity contribution is 6.10. The summed E-state index contributed by atoms with van der Waals surface area (Å²) in [6.45, 7) is 6.70. The largest absolute Gasteiger partial charge is 0.309 e. The number of hydrogen-bond acceptors (Lipinski definition) is 0. The van der Waals surface area contributed by atoms with Gasteiger partial charge in [-0.15, -0.1) is 6.42 Å². The fraction of sp³-hybridized carbons (Fsp3) is 0.100.